The van der Waals surface area contributed by atoms with Crippen LogP contribution in [0.25, 0.3) is 21.8 Å². The van der Waals surface area contributed by atoms with Gasteiger partial charge < -0.3 is 5.32 Å². The van der Waals surface area contributed by atoms with Crippen molar-refractivity contribution in [3.63, 3.8) is 0 Å². The maximum atomic E-state index is 13.0. The van der Waals surface area contributed by atoms with E-state index >= 15 is 0 Å². The Bertz CT molecular complexity index is 1560. The zero-order chi connectivity index (χ0) is 25.5. The topological polar surface area (TPSA) is 98.9 Å². The monoisotopic (exact) mass is 491 g/mol. The number of aromatic nitrogens is 4. The summed E-state index contributed by atoms with van der Waals surface area (Å²) in [6.45, 7) is 7.83. The SMILES string of the molecule is CC(NC(=O)CSc1nc(C(C)(C)C)nc2c1c(=O)n(C)c(=O)n2C)c1cccc2ccccc12. The van der Waals surface area contributed by atoms with Gasteiger partial charge >= 0.3 is 5.69 Å². The third-order valence-corrected chi connectivity index (χ3v) is 6.92. The third-order valence-electron chi connectivity index (χ3n) is 5.94. The molecule has 8 nitrogen and oxygen atoms in total. The van der Waals surface area contributed by atoms with Crippen molar-refractivity contribution < 1.29 is 4.79 Å². The van der Waals surface area contributed by atoms with Gasteiger partial charge in [0.25, 0.3) is 5.56 Å². The first-order valence-electron chi connectivity index (χ1n) is 11.4. The van der Waals surface area contributed by atoms with E-state index in [-0.39, 0.29) is 28.7 Å². The molecule has 4 aromatic rings. The molecule has 0 saturated heterocycles. The first kappa shape index (κ1) is 24.7. The van der Waals surface area contributed by atoms with Crippen LogP contribution in [-0.4, -0.2) is 30.8 Å². The number of thioether (sulfide) groups is 1. The normalized spacial score (nSPS) is 12.7. The molecule has 1 atom stereocenters. The Morgan fingerprint density at radius 1 is 1.03 bits per heavy atom. The smallest absolute Gasteiger partial charge is 0.332 e. The van der Waals surface area contributed by atoms with Gasteiger partial charge in [0.15, 0.2) is 5.65 Å². The molecular weight excluding hydrogens is 462 g/mol. The highest BCUT2D eigenvalue weighted by molar-refractivity contribution is 8.00. The predicted octanol–water partition coefficient (Wildman–Crippen LogP) is 3.45. The number of fused-ring (bicyclic) bond motifs is 2. The van der Waals surface area contributed by atoms with Gasteiger partial charge in [-0.3, -0.25) is 18.7 Å². The van der Waals surface area contributed by atoms with Crippen LogP contribution < -0.4 is 16.6 Å². The first-order valence-corrected chi connectivity index (χ1v) is 12.4. The summed E-state index contributed by atoms with van der Waals surface area (Å²) in [6, 6.07) is 13.9. The van der Waals surface area contributed by atoms with Crippen molar-refractivity contribution in [3.05, 3.63) is 74.7 Å². The molecule has 0 spiro atoms. The van der Waals surface area contributed by atoms with Crippen LogP contribution in [0.2, 0.25) is 0 Å². The minimum Gasteiger partial charge on any atom is -0.349 e. The standard InChI is InChI=1S/C26H29N5O3S/c1-15(17-13-9-11-16-10-7-8-12-18(16)17)27-19(32)14-35-22-20-21(28-24(29-22)26(2,3)4)30(5)25(34)31(6)23(20)33/h7-13,15H,14H2,1-6H3,(H,27,32). The Balaban J connectivity index is 1.65. The molecule has 4 rings (SSSR count). The number of benzene rings is 2. The molecule has 0 bridgehead atoms. The summed E-state index contributed by atoms with van der Waals surface area (Å²) in [5.41, 5.74) is -0.0432. The number of amides is 1. The predicted molar refractivity (Wildman–Crippen MR) is 140 cm³/mol. The van der Waals surface area contributed by atoms with E-state index in [1.165, 1.54) is 23.4 Å². The third kappa shape index (κ3) is 4.73. The lowest BCUT2D eigenvalue weighted by Gasteiger charge is -2.19. The summed E-state index contributed by atoms with van der Waals surface area (Å²) in [7, 11) is 3.01. The molecule has 0 saturated carbocycles. The first-order chi connectivity index (χ1) is 16.5. The Morgan fingerprint density at radius 2 is 1.71 bits per heavy atom. The fourth-order valence-electron chi connectivity index (χ4n) is 3.99. The lowest BCUT2D eigenvalue weighted by molar-refractivity contribution is -0.119. The van der Waals surface area contributed by atoms with Crippen LogP contribution >= 0.6 is 11.8 Å². The number of nitrogens with one attached hydrogen (secondary N) is 1. The van der Waals surface area contributed by atoms with E-state index in [1.807, 2.05) is 70.2 Å². The van der Waals surface area contributed by atoms with Gasteiger partial charge in [-0.1, -0.05) is 75.0 Å². The second kappa shape index (κ2) is 9.30. The van der Waals surface area contributed by atoms with E-state index in [1.54, 1.807) is 7.05 Å². The van der Waals surface area contributed by atoms with Gasteiger partial charge in [-0.25, -0.2) is 14.8 Å². The largest absolute Gasteiger partial charge is 0.349 e. The summed E-state index contributed by atoms with van der Waals surface area (Å²) in [4.78, 5) is 47.5. The van der Waals surface area contributed by atoms with Crippen LogP contribution in [0, 0.1) is 0 Å². The fourth-order valence-corrected chi connectivity index (χ4v) is 4.82. The molecule has 9 heteroatoms. The highest BCUT2D eigenvalue weighted by Crippen LogP contribution is 2.28. The highest BCUT2D eigenvalue weighted by atomic mass is 32.2. The van der Waals surface area contributed by atoms with Crippen LogP contribution in [0.4, 0.5) is 0 Å². The van der Waals surface area contributed by atoms with Crippen molar-refractivity contribution in [2.75, 3.05) is 5.75 Å². The zero-order valence-corrected chi connectivity index (χ0v) is 21.6. The average molecular weight is 492 g/mol. The van der Waals surface area contributed by atoms with E-state index in [0.29, 0.717) is 10.9 Å². The Hall–Kier alpha value is -3.46. The molecule has 2 aromatic heterocycles. The van der Waals surface area contributed by atoms with E-state index < -0.39 is 16.7 Å². The summed E-state index contributed by atoms with van der Waals surface area (Å²) >= 11 is 1.17. The number of carbonyl (C=O) groups excluding carboxylic acids is 1. The number of nitrogens with zero attached hydrogens (tertiary/aromatic N) is 4. The molecular formula is C26H29N5O3S. The maximum absolute atomic E-state index is 13.0. The molecule has 1 N–H and O–H groups in total. The van der Waals surface area contributed by atoms with Gasteiger partial charge in [-0.2, -0.15) is 0 Å². The molecule has 1 unspecified atom stereocenters. The minimum atomic E-state index is -0.476. The molecule has 0 aliphatic rings. The second-order valence-corrected chi connectivity index (χ2v) is 10.6. The quantitative estimate of drug-likeness (QED) is 0.339. The second-order valence-electron chi connectivity index (χ2n) is 9.65. The molecule has 0 fully saturated rings. The van der Waals surface area contributed by atoms with Gasteiger partial charge in [0, 0.05) is 19.5 Å². The molecule has 0 radical (unpaired) electrons. The van der Waals surface area contributed by atoms with Crippen LogP contribution in [0.15, 0.2) is 57.1 Å². The van der Waals surface area contributed by atoms with Crippen molar-refractivity contribution in [2.45, 2.75) is 44.2 Å². The van der Waals surface area contributed by atoms with Gasteiger partial charge in [0.05, 0.1) is 11.8 Å². The molecule has 1 amide bonds. The van der Waals surface area contributed by atoms with Crippen molar-refractivity contribution in [1.29, 1.82) is 0 Å². The van der Waals surface area contributed by atoms with Crippen molar-refractivity contribution >= 4 is 39.5 Å². The molecule has 0 aliphatic heterocycles. The highest BCUT2D eigenvalue weighted by Gasteiger charge is 2.24. The van der Waals surface area contributed by atoms with Gasteiger partial charge in [0.2, 0.25) is 5.91 Å². The van der Waals surface area contributed by atoms with E-state index in [9.17, 15) is 14.4 Å². The molecule has 35 heavy (non-hydrogen) atoms. The molecule has 0 aliphatic carbocycles. The van der Waals surface area contributed by atoms with Crippen LogP contribution in [0.5, 0.6) is 0 Å². The zero-order valence-electron chi connectivity index (χ0n) is 20.7. The summed E-state index contributed by atoms with van der Waals surface area (Å²) in [6.07, 6.45) is 0. The molecule has 182 valence electrons. The lowest BCUT2D eigenvalue weighted by Crippen LogP contribution is -2.38. The summed E-state index contributed by atoms with van der Waals surface area (Å²) in [5, 5.41) is 5.90. The minimum absolute atomic E-state index is 0.0663. The van der Waals surface area contributed by atoms with Crippen molar-refractivity contribution in [2.24, 2.45) is 14.1 Å². The number of hydrogen-bond donors (Lipinski definition) is 1. The van der Waals surface area contributed by atoms with Crippen molar-refractivity contribution in [3.8, 4) is 0 Å². The Kier molecular flexibility index (Phi) is 6.55. The number of carbonyl (C=O) groups is 1. The van der Waals surface area contributed by atoms with E-state index in [2.05, 4.69) is 15.3 Å². The van der Waals surface area contributed by atoms with Gasteiger partial charge in [0.1, 0.15) is 16.2 Å². The summed E-state index contributed by atoms with van der Waals surface area (Å²) in [5.74, 6) is 0.387. The van der Waals surface area contributed by atoms with E-state index in [0.717, 1.165) is 20.9 Å². The van der Waals surface area contributed by atoms with Gasteiger partial charge in [-0.05, 0) is 23.3 Å². The van der Waals surface area contributed by atoms with Crippen LogP contribution in [-0.2, 0) is 24.3 Å². The Labute approximate surface area is 207 Å². The Morgan fingerprint density at radius 3 is 2.43 bits per heavy atom. The number of rotatable bonds is 5. The molecule has 2 aromatic carbocycles. The summed E-state index contributed by atoms with van der Waals surface area (Å²) < 4.78 is 2.38. The lowest BCUT2D eigenvalue weighted by atomic mass is 9.96. The van der Waals surface area contributed by atoms with Crippen molar-refractivity contribution in [1.82, 2.24) is 24.4 Å². The number of aryl methyl sites for hydroxylation is 1. The van der Waals surface area contributed by atoms with E-state index in [4.69, 9.17) is 0 Å². The van der Waals surface area contributed by atoms with Gasteiger partial charge in [-0.15, -0.1) is 0 Å². The molecule has 2 heterocycles. The fraction of sp³-hybridized carbons (Fsp3) is 0.346. The van der Waals surface area contributed by atoms with Crippen LogP contribution in [0.1, 0.15) is 45.1 Å². The average Bonchev–Trinajstić information content (AvgIpc) is 2.83. The maximum Gasteiger partial charge on any atom is 0.332 e. The van der Waals surface area contributed by atoms with Crippen LogP contribution in [0.3, 0.4) is 0 Å². The number of hydrogen-bond acceptors (Lipinski definition) is 6.